The van der Waals surface area contributed by atoms with Crippen molar-refractivity contribution in [3.8, 4) is 0 Å². The van der Waals surface area contributed by atoms with Crippen molar-refractivity contribution in [3.05, 3.63) is 29.6 Å². The molecule has 6 heteroatoms. The Morgan fingerprint density at radius 3 is 2.47 bits per heavy atom. The molecule has 0 N–H and O–H groups in total. The standard InChI is InChI=1S/C13H17F2N3O/c1-9(2)17-5-7-18(8-6-17)13(19)10-3-4-16-12(15)11(10)14/h3-4,9H,5-8H2,1-2H3. The van der Waals surface area contributed by atoms with Gasteiger partial charge in [-0.25, -0.2) is 9.37 Å². The van der Waals surface area contributed by atoms with Crippen LogP contribution in [0.4, 0.5) is 8.78 Å². The van der Waals surface area contributed by atoms with Gasteiger partial charge in [-0.2, -0.15) is 4.39 Å². The molecule has 1 saturated heterocycles. The third-order valence-electron chi connectivity index (χ3n) is 3.41. The van der Waals surface area contributed by atoms with Gasteiger partial charge in [0.05, 0.1) is 5.56 Å². The topological polar surface area (TPSA) is 36.4 Å². The van der Waals surface area contributed by atoms with E-state index in [1.165, 1.54) is 6.07 Å². The monoisotopic (exact) mass is 269 g/mol. The number of pyridine rings is 1. The highest BCUT2D eigenvalue weighted by Crippen LogP contribution is 2.14. The van der Waals surface area contributed by atoms with E-state index in [-0.39, 0.29) is 5.56 Å². The molecule has 0 aromatic carbocycles. The third kappa shape index (κ3) is 2.89. The number of carbonyl (C=O) groups is 1. The number of rotatable bonds is 2. The lowest BCUT2D eigenvalue weighted by atomic mass is 10.2. The molecule has 1 amide bonds. The summed E-state index contributed by atoms with van der Waals surface area (Å²) in [5.74, 6) is -2.87. The van der Waals surface area contributed by atoms with E-state index in [0.717, 1.165) is 19.3 Å². The molecular formula is C13H17F2N3O. The predicted octanol–water partition coefficient (Wildman–Crippen LogP) is 1.53. The predicted molar refractivity (Wildman–Crippen MR) is 66.8 cm³/mol. The maximum atomic E-state index is 13.5. The van der Waals surface area contributed by atoms with Gasteiger partial charge in [0.1, 0.15) is 0 Å². The number of amides is 1. The molecule has 1 aromatic rings. The SMILES string of the molecule is CC(C)N1CCN(C(=O)c2ccnc(F)c2F)CC1. The van der Waals surface area contributed by atoms with Crippen molar-refractivity contribution in [1.82, 2.24) is 14.8 Å². The average molecular weight is 269 g/mol. The zero-order chi connectivity index (χ0) is 14.0. The Hall–Kier alpha value is -1.56. The lowest BCUT2D eigenvalue weighted by molar-refractivity contribution is 0.0589. The third-order valence-corrected chi connectivity index (χ3v) is 3.41. The van der Waals surface area contributed by atoms with Crippen molar-refractivity contribution in [3.63, 3.8) is 0 Å². The van der Waals surface area contributed by atoms with Crippen molar-refractivity contribution >= 4 is 5.91 Å². The Morgan fingerprint density at radius 1 is 1.26 bits per heavy atom. The first-order chi connectivity index (χ1) is 9.00. The molecule has 0 spiro atoms. The van der Waals surface area contributed by atoms with Gasteiger partial charge in [-0.15, -0.1) is 0 Å². The van der Waals surface area contributed by atoms with Crippen LogP contribution in [0.3, 0.4) is 0 Å². The van der Waals surface area contributed by atoms with Crippen molar-refractivity contribution in [2.24, 2.45) is 0 Å². The number of aromatic nitrogens is 1. The van der Waals surface area contributed by atoms with E-state index >= 15 is 0 Å². The summed E-state index contributed by atoms with van der Waals surface area (Å²) in [4.78, 5) is 19.1. The Labute approximate surface area is 111 Å². The molecule has 1 aliphatic heterocycles. The first-order valence-electron chi connectivity index (χ1n) is 6.34. The van der Waals surface area contributed by atoms with Gasteiger partial charge in [0.15, 0.2) is 5.82 Å². The summed E-state index contributed by atoms with van der Waals surface area (Å²) < 4.78 is 26.5. The molecule has 1 aliphatic rings. The molecule has 0 radical (unpaired) electrons. The average Bonchev–Trinajstić information content (AvgIpc) is 2.41. The van der Waals surface area contributed by atoms with Gasteiger partial charge in [-0.05, 0) is 19.9 Å². The molecule has 104 valence electrons. The van der Waals surface area contributed by atoms with Gasteiger partial charge in [-0.1, -0.05) is 0 Å². The first-order valence-corrected chi connectivity index (χ1v) is 6.34. The van der Waals surface area contributed by atoms with Gasteiger partial charge in [0, 0.05) is 38.4 Å². The van der Waals surface area contributed by atoms with E-state index in [4.69, 9.17) is 0 Å². The molecule has 0 atom stereocenters. The van der Waals surface area contributed by atoms with Crippen LogP contribution in [0.25, 0.3) is 0 Å². The van der Waals surface area contributed by atoms with Crippen molar-refractivity contribution in [2.75, 3.05) is 26.2 Å². The minimum atomic E-state index is -1.23. The van der Waals surface area contributed by atoms with E-state index in [9.17, 15) is 13.6 Å². The van der Waals surface area contributed by atoms with E-state index in [1.807, 2.05) is 0 Å². The molecule has 0 saturated carbocycles. The molecule has 1 aromatic heterocycles. The summed E-state index contributed by atoms with van der Waals surface area (Å²) in [5, 5.41) is 0. The second-order valence-corrected chi connectivity index (χ2v) is 4.89. The molecule has 1 fully saturated rings. The number of hydrogen-bond acceptors (Lipinski definition) is 3. The molecule has 4 nitrogen and oxygen atoms in total. The summed E-state index contributed by atoms with van der Waals surface area (Å²) in [6.45, 7) is 6.74. The quantitative estimate of drug-likeness (QED) is 0.764. The van der Waals surface area contributed by atoms with Crippen LogP contribution in [0.1, 0.15) is 24.2 Å². The highest BCUT2D eigenvalue weighted by Gasteiger charge is 2.26. The summed E-state index contributed by atoms with van der Waals surface area (Å²) in [6, 6.07) is 1.64. The van der Waals surface area contributed by atoms with E-state index < -0.39 is 17.7 Å². The Balaban J connectivity index is 2.07. The second kappa shape index (κ2) is 5.61. The fourth-order valence-electron chi connectivity index (χ4n) is 2.20. The van der Waals surface area contributed by atoms with Crippen LogP contribution in [0.15, 0.2) is 12.3 Å². The van der Waals surface area contributed by atoms with Gasteiger partial charge >= 0.3 is 0 Å². The van der Waals surface area contributed by atoms with Crippen LogP contribution in [0.5, 0.6) is 0 Å². The second-order valence-electron chi connectivity index (χ2n) is 4.89. The van der Waals surface area contributed by atoms with Crippen LogP contribution in [-0.4, -0.2) is 52.9 Å². The zero-order valence-electron chi connectivity index (χ0n) is 11.1. The number of piperazine rings is 1. The maximum absolute atomic E-state index is 13.5. The van der Waals surface area contributed by atoms with Crippen LogP contribution in [0.2, 0.25) is 0 Å². The van der Waals surface area contributed by atoms with Crippen LogP contribution >= 0.6 is 0 Å². The molecule has 19 heavy (non-hydrogen) atoms. The highest BCUT2D eigenvalue weighted by molar-refractivity contribution is 5.94. The molecular weight excluding hydrogens is 252 g/mol. The summed E-state index contributed by atoms with van der Waals surface area (Å²) in [7, 11) is 0. The van der Waals surface area contributed by atoms with Crippen molar-refractivity contribution in [1.29, 1.82) is 0 Å². The normalized spacial score (nSPS) is 17.0. The first kappa shape index (κ1) is 13.9. The number of nitrogens with zero attached hydrogens (tertiary/aromatic N) is 3. The molecule has 0 bridgehead atoms. The number of carbonyl (C=O) groups excluding carboxylic acids is 1. The van der Waals surface area contributed by atoms with Gasteiger partial charge in [-0.3, -0.25) is 9.69 Å². The summed E-state index contributed by atoms with van der Waals surface area (Å²) in [5.41, 5.74) is -0.245. The van der Waals surface area contributed by atoms with E-state index in [1.54, 1.807) is 4.90 Å². The molecule has 0 aliphatic carbocycles. The minimum Gasteiger partial charge on any atom is -0.336 e. The molecule has 2 heterocycles. The van der Waals surface area contributed by atoms with Gasteiger partial charge < -0.3 is 4.90 Å². The fraction of sp³-hybridized carbons (Fsp3) is 0.538. The van der Waals surface area contributed by atoms with Gasteiger partial charge in [0.2, 0.25) is 5.95 Å². The fourth-order valence-corrected chi connectivity index (χ4v) is 2.20. The Bertz CT molecular complexity index is 471. The lowest BCUT2D eigenvalue weighted by Gasteiger charge is -2.36. The van der Waals surface area contributed by atoms with Crippen LogP contribution in [0, 0.1) is 11.8 Å². The van der Waals surface area contributed by atoms with Crippen molar-refractivity contribution < 1.29 is 13.6 Å². The van der Waals surface area contributed by atoms with Gasteiger partial charge in [0.25, 0.3) is 5.91 Å². The Kier molecular flexibility index (Phi) is 4.09. The zero-order valence-corrected chi connectivity index (χ0v) is 11.1. The molecule has 2 rings (SSSR count). The Morgan fingerprint density at radius 2 is 1.89 bits per heavy atom. The van der Waals surface area contributed by atoms with Crippen LogP contribution in [-0.2, 0) is 0 Å². The summed E-state index contributed by atoms with van der Waals surface area (Å²) >= 11 is 0. The minimum absolute atomic E-state index is 0.245. The van der Waals surface area contributed by atoms with Crippen LogP contribution < -0.4 is 0 Å². The number of hydrogen-bond donors (Lipinski definition) is 0. The van der Waals surface area contributed by atoms with Crippen molar-refractivity contribution in [2.45, 2.75) is 19.9 Å². The number of halogens is 2. The lowest BCUT2D eigenvalue weighted by Crippen LogP contribution is -2.50. The summed E-state index contributed by atoms with van der Waals surface area (Å²) in [6.07, 6.45) is 1.11. The van der Waals surface area contributed by atoms with E-state index in [0.29, 0.717) is 19.1 Å². The smallest absolute Gasteiger partial charge is 0.257 e. The van der Waals surface area contributed by atoms with E-state index in [2.05, 4.69) is 23.7 Å². The highest BCUT2D eigenvalue weighted by atomic mass is 19.2. The maximum Gasteiger partial charge on any atom is 0.257 e. The molecule has 0 unspecified atom stereocenters. The largest absolute Gasteiger partial charge is 0.336 e.